The summed E-state index contributed by atoms with van der Waals surface area (Å²) in [4.78, 5) is 17.1. The minimum absolute atomic E-state index is 0.150. The Hall–Kier alpha value is -1.88. The van der Waals surface area contributed by atoms with Gasteiger partial charge in [0, 0.05) is 23.3 Å². The van der Waals surface area contributed by atoms with E-state index in [0.29, 0.717) is 12.2 Å². The number of nitrogens with one attached hydrogen (secondary N) is 2. The fourth-order valence-electron chi connectivity index (χ4n) is 1.54. The van der Waals surface area contributed by atoms with E-state index in [-0.39, 0.29) is 5.91 Å². The summed E-state index contributed by atoms with van der Waals surface area (Å²) in [5, 5.41) is 8.00. The molecular weight excluding hydrogens is 246 g/mol. The zero-order valence-electron chi connectivity index (χ0n) is 10.1. The molecule has 0 spiro atoms. The van der Waals surface area contributed by atoms with Crippen LogP contribution in [0.15, 0.2) is 35.8 Å². The number of hydrogen-bond acceptors (Lipinski definition) is 4. The topological polar surface area (TPSA) is 54.0 Å². The Bertz CT molecular complexity index is 511. The Kier molecular flexibility index (Phi) is 4.30. The summed E-state index contributed by atoms with van der Waals surface area (Å²) in [6.07, 6.45) is 1.64. The van der Waals surface area contributed by atoms with Gasteiger partial charge < -0.3 is 10.6 Å². The van der Waals surface area contributed by atoms with Crippen molar-refractivity contribution in [3.63, 3.8) is 0 Å². The highest BCUT2D eigenvalue weighted by Crippen LogP contribution is 2.09. The van der Waals surface area contributed by atoms with Crippen molar-refractivity contribution in [3.05, 3.63) is 46.4 Å². The summed E-state index contributed by atoms with van der Waals surface area (Å²) < 4.78 is 0. The van der Waals surface area contributed by atoms with Crippen molar-refractivity contribution in [1.29, 1.82) is 0 Å². The molecule has 0 saturated carbocycles. The highest BCUT2D eigenvalue weighted by molar-refractivity contribution is 7.09. The van der Waals surface area contributed by atoms with Crippen LogP contribution in [0.2, 0.25) is 0 Å². The first-order valence-corrected chi connectivity index (χ1v) is 6.68. The molecule has 1 amide bonds. The molecule has 2 heterocycles. The maximum atomic E-state index is 11.9. The van der Waals surface area contributed by atoms with Crippen LogP contribution in [0.5, 0.6) is 0 Å². The second-order valence-corrected chi connectivity index (χ2v) is 4.75. The summed E-state index contributed by atoms with van der Waals surface area (Å²) in [5.74, 6) is -0.150. The lowest BCUT2D eigenvalue weighted by molar-refractivity contribution is 0.0946. The summed E-state index contributed by atoms with van der Waals surface area (Å²) in [7, 11) is 0. The Labute approximate surface area is 110 Å². The number of carbonyl (C=O) groups excluding carboxylic acids is 1. The summed E-state index contributed by atoms with van der Waals surface area (Å²) in [5.41, 5.74) is 1.35. The van der Waals surface area contributed by atoms with Gasteiger partial charge >= 0.3 is 0 Å². The van der Waals surface area contributed by atoms with Crippen LogP contribution in [0.4, 0.5) is 5.69 Å². The standard InChI is InChI=1S/C13H15N3OS/c1-2-14-10-5-6-15-12(8-10)13(17)16-9-11-4-3-7-18-11/h3-8H,2,9H2,1H3,(H,14,15)(H,16,17). The molecule has 0 unspecified atom stereocenters. The van der Waals surface area contributed by atoms with E-state index in [4.69, 9.17) is 0 Å². The molecule has 5 heteroatoms. The molecule has 0 saturated heterocycles. The van der Waals surface area contributed by atoms with Crippen LogP contribution in [0.1, 0.15) is 22.3 Å². The summed E-state index contributed by atoms with van der Waals surface area (Å²) in [6, 6.07) is 7.57. The molecule has 4 nitrogen and oxygen atoms in total. The van der Waals surface area contributed by atoms with Gasteiger partial charge in [-0.3, -0.25) is 9.78 Å². The number of anilines is 1. The van der Waals surface area contributed by atoms with E-state index in [2.05, 4.69) is 15.6 Å². The number of carbonyl (C=O) groups is 1. The van der Waals surface area contributed by atoms with Gasteiger partial charge in [0.2, 0.25) is 0 Å². The Morgan fingerprint density at radius 2 is 2.33 bits per heavy atom. The molecular formula is C13H15N3OS. The molecule has 0 bridgehead atoms. The minimum Gasteiger partial charge on any atom is -0.385 e. The van der Waals surface area contributed by atoms with Crippen LogP contribution < -0.4 is 10.6 Å². The smallest absolute Gasteiger partial charge is 0.270 e. The molecule has 2 aromatic rings. The zero-order valence-corrected chi connectivity index (χ0v) is 11.0. The van der Waals surface area contributed by atoms with Crippen molar-refractivity contribution in [2.75, 3.05) is 11.9 Å². The van der Waals surface area contributed by atoms with Crippen molar-refractivity contribution < 1.29 is 4.79 Å². The van der Waals surface area contributed by atoms with Gasteiger partial charge in [-0.2, -0.15) is 0 Å². The number of aromatic nitrogens is 1. The average molecular weight is 261 g/mol. The van der Waals surface area contributed by atoms with Gasteiger partial charge in [0.05, 0.1) is 6.54 Å². The van der Waals surface area contributed by atoms with E-state index in [1.807, 2.05) is 30.5 Å². The van der Waals surface area contributed by atoms with Gasteiger partial charge in [-0.25, -0.2) is 0 Å². The maximum absolute atomic E-state index is 11.9. The first-order chi connectivity index (χ1) is 8.79. The first-order valence-electron chi connectivity index (χ1n) is 5.80. The predicted octanol–water partition coefficient (Wildman–Crippen LogP) is 2.50. The molecule has 0 aliphatic heterocycles. The number of rotatable bonds is 5. The number of amides is 1. The molecule has 18 heavy (non-hydrogen) atoms. The molecule has 94 valence electrons. The third-order valence-electron chi connectivity index (χ3n) is 2.38. The van der Waals surface area contributed by atoms with Gasteiger partial charge in [-0.1, -0.05) is 6.07 Å². The van der Waals surface area contributed by atoms with Gasteiger partial charge in [0.15, 0.2) is 0 Å². The van der Waals surface area contributed by atoms with E-state index in [9.17, 15) is 4.79 Å². The molecule has 0 fully saturated rings. The zero-order chi connectivity index (χ0) is 12.8. The third-order valence-corrected chi connectivity index (χ3v) is 3.25. The van der Waals surface area contributed by atoms with E-state index in [0.717, 1.165) is 17.1 Å². The number of pyridine rings is 1. The van der Waals surface area contributed by atoms with Gasteiger partial charge in [0.25, 0.3) is 5.91 Å². The SMILES string of the molecule is CCNc1ccnc(C(=O)NCc2cccs2)c1. The molecule has 0 aromatic carbocycles. The average Bonchev–Trinajstić information content (AvgIpc) is 2.90. The molecule has 2 N–H and O–H groups in total. The van der Waals surface area contributed by atoms with Crippen molar-refractivity contribution in [1.82, 2.24) is 10.3 Å². The van der Waals surface area contributed by atoms with Crippen molar-refractivity contribution in [2.24, 2.45) is 0 Å². The Morgan fingerprint density at radius 3 is 3.06 bits per heavy atom. The Balaban J connectivity index is 1.97. The highest BCUT2D eigenvalue weighted by atomic mass is 32.1. The lowest BCUT2D eigenvalue weighted by Crippen LogP contribution is -2.23. The van der Waals surface area contributed by atoms with E-state index in [1.165, 1.54) is 0 Å². The quantitative estimate of drug-likeness (QED) is 0.869. The predicted molar refractivity (Wildman–Crippen MR) is 73.9 cm³/mol. The highest BCUT2D eigenvalue weighted by Gasteiger charge is 2.07. The summed E-state index contributed by atoms with van der Waals surface area (Å²) in [6.45, 7) is 3.38. The number of thiophene rings is 1. The molecule has 0 radical (unpaired) electrons. The van der Waals surface area contributed by atoms with Crippen LogP contribution in [0.3, 0.4) is 0 Å². The van der Waals surface area contributed by atoms with Gasteiger partial charge in [-0.05, 0) is 30.5 Å². The molecule has 2 aromatic heterocycles. The monoisotopic (exact) mass is 261 g/mol. The second kappa shape index (κ2) is 6.16. The van der Waals surface area contributed by atoms with Gasteiger partial charge in [0.1, 0.15) is 5.69 Å². The number of nitrogens with zero attached hydrogens (tertiary/aromatic N) is 1. The van der Waals surface area contributed by atoms with Crippen LogP contribution in [0.25, 0.3) is 0 Å². The molecule has 0 aliphatic rings. The van der Waals surface area contributed by atoms with E-state index >= 15 is 0 Å². The van der Waals surface area contributed by atoms with Crippen molar-refractivity contribution >= 4 is 22.9 Å². The minimum atomic E-state index is -0.150. The molecule has 2 rings (SSSR count). The fraction of sp³-hybridized carbons (Fsp3) is 0.231. The van der Waals surface area contributed by atoms with Crippen molar-refractivity contribution in [3.8, 4) is 0 Å². The van der Waals surface area contributed by atoms with Crippen molar-refractivity contribution in [2.45, 2.75) is 13.5 Å². The largest absolute Gasteiger partial charge is 0.385 e. The van der Waals surface area contributed by atoms with Crippen LogP contribution in [-0.2, 0) is 6.54 Å². The number of hydrogen-bond donors (Lipinski definition) is 2. The fourth-order valence-corrected chi connectivity index (χ4v) is 2.18. The molecule has 0 atom stereocenters. The maximum Gasteiger partial charge on any atom is 0.270 e. The normalized spacial score (nSPS) is 10.1. The van der Waals surface area contributed by atoms with E-state index < -0.39 is 0 Å². The second-order valence-electron chi connectivity index (χ2n) is 3.72. The lowest BCUT2D eigenvalue weighted by Gasteiger charge is -2.06. The first kappa shape index (κ1) is 12.6. The lowest BCUT2D eigenvalue weighted by atomic mass is 10.3. The Morgan fingerprint density at radius 1 is 1.44 bits per heavy atom. The van der Waals surface area contributed by atoms with E-state index in [1.54, 1.807) is 23.6 Å². The van der Waals surface area contributed by atoms with Crippen LogP contribution in [-0.4, -0.2) is 17.4 Å². The molecule has 0 aliphatic carbocycles. The summed E-state index contributed by atoms with van der Waals surface area (Å²) >= 11 is 1.62. The van der Waals surface area contributed by atoms with Crippen LogP contribution >= 0.6 is 11.3 Å². The van der Waals surface area contributed by atoms with Crippen LogP contribution in [0, 0.1) is 0 Å². The third kappa shape index (κ3) is 3.30. The van der Waals surface area contributed by atoms with Gasteiger partial charge in [-0.15, -0.1) is 11.3 Å².